The predicted molar refractivity (Wildman–Crippen MR) is 119 cm³/mol. The van der Waals surface area contributed by atoms with Gasteiger partial charge in [0, 0.05) is 12.1 Å². The summed E-state index contributed by atoms with van der Waals surface area (Å²) in [6.45, 7) is 3.60. The highest BCUT2D eigenvalue weighted by Gasteiger charge is 2.37. The number of halogens is 1. The summed E-state index contributed by atoms with van der Waals surface area (Å²) >= 11 is 0. The van der Waals surface area contributed by atoms with E-state index in [1.807, 2.05) is 36.4 Å². The van der Waals surface area contributed by atoms with Crippen LogP contribution < -0.4 is 10.6 Å². The Morgan fingerprint density at radius 2 is 1.90 bits per heavy atom. The molecule has 0 aliphatic carbocycles. The number of carbonyl (C=O) groups is 1. The van der Waals surface area contributed by atoms with Gasteiger partial charge in [-0.15, -0.1) is 0 Å². The summed E-state index contributed by atoms with van der Waals surface area (Å²) in [6.07, 6.45) is 0.832. The fraction of sp³-hybridized carbons (Fsp3) is 0.200. The number of benzene rings is 3. The van der Waals surface area contributed by atoms with Gasteiger partial charge in [-0.1, -0.05) is 48.0 Å². The molecule has 31 heavy (non-hydrogen) atoms. The van der Waals surface area contributed by atoms with Crippen molar-refractivity contribution in [3.05, 3.63) is 89.4 Å². The molecule has 1 amide bonds. The number of hydrogen-bond donors (Lipinski definition) is 3. The van der Waals surface area contributed by atoms with Crippen LogP contribution in [0.3, 0.4) is 0 Å². The van der Waals surface area contributed by atoms with E-state index in [2.05, 4.69) is 46.0 Å². The first-order valence-corrected chi connectivity index (χ1v) is 10.4. The van der Waals surface area contributed by atoms with E-state index in [-0.39, 0.29) is 5.91 Å². The number of carbonyl (C=O) groups excluding carboxylic acids is 1. The minimum atomic E-state index is -0.459. The molecule has 6 heteroatoms. The Kier molecular flexibility index (Phi) is 4.79. The smallest absolute Gasteiger partial charge is 0.252 e. The molecular formula is C25H23FN4O. The molecule has 0 radical (unpaired) electrons. The van der Waals surface area contributed by atoms with Crippen LogP contribution in [0.25, 0.3) is 22.0 Å². The third kappa shape index (κ3) is 3.59. The van der Waals surface area contributed by atoms with Gasteiger partial charge in [0.25, 0.3) is 5.91 Å². The van der Waals surface area contributed by atoms with Crippen molar-refractivity contribution in [1.82, 2.24) is 20.8 Å². The Balaban J connectivity index is 1.46. The number of rotatable bonds is 4. The van der Waals surface area contributed by atoms with Crippen molar-refractivity contribution in [3.63, 3.8) is 0 Å². The van der Waals surface area contributed by atoms with Crippen LogP contribution >= 0.6 is 0 Å². The molecule has 2 heterocycles. The van der Waals surface area contributed by atoms with E-state index < -0.39 is 11.5 Å². The number of aryl methyl sites for hydroxylation is 1. The predicted octanol–water partition coefficient (Wildman–Crippen LogP) is 4.30. The maximum atomic E-state index is 13.9. The van der Waals surface area contributed by atoms with Crippen LogP contribution in [-0.2, 0) is 5.54 Å². The Morgan fingerprint density at radius 3 is 2.71 bits per heavy atom. The number of aromatic nitrogens is 2. The number of nitrogens with one attached hydrogen (secondary N) is 3. The van der Waals surface area contributed by atoms with Gasteiger partial charge in [-0.25, -0.2) is 0 Å². The molecule has 0 saturated carbocycles. The molecule has 1 fully saturated rings. The second-order valence-corrected chi connectivity index (χ2v) is 8.18. The zero-order valence-electron chi connectivity index (χ0n) is 17.2. The average Bonchev–Trinajstić information content (AvgIpc) is 3.41. The molecule has 5 rings (SSSR count). The van der Waals surface area contributed by atoms with Gasteiger partial charge >= 0.3 is 0 Å². The maximum absolute atomic E-state index is 13.9. The van der Waals surface area contributed by atoms with Crippen LogP contribution in [0.1, 0.15) is 27.9 Å². The summed E-state index contributed by atoms with van der Waals surface area (Å²) in [5, 5.41) is 13.4. The van der Waals surface area contributed by atoms with Crippen molar-refractivity contribution in [1.29, 1.82) is 0 Å². The fourth-order valence-corrected chi connectivity index (χ4v) is 4.35. The molecule has 1 atom stereocenters. The molecule has 1 unspecified atom stereocenters. The van der Waals surface area contributed by atoms with Gasteiger partial charge in [0.1, 0.15) is 0 Å². The zero-order chi connectivity index (χ0) is 21.4. The second kappa shape index (κ2) is 7.63. The highest BCUT2D eigenvalue weighted by Crippen LogP contribution is 2.30. The van der Waals surface area contributed by atoms with Crippen molar-refractivity contribution in [2.75, 3.05) is 13.1 Å². The van der Waals surface area contributed by atoms with E-state index in [0.717, 1.165) is 29.7 Å². The fourth-order valence-electron chi connectivity index (χ4n) is 4.35. The van der Waals surface area contributed by atoms with Crippen LogP contribution in [0.2, 0.25) is 0 Å². The third-order valence-electron chi connectivity index (χ3n) is 6.04. The van der Waals surface area contributed by atoms with Crippen LogP contribution in [0.5, 0.6) is 0 Å². The standard InChI is InChI=1S/C25H23FN4O/c1-16-4-2-7-20(12-16)25(10-11-27-15-25)28-24(31)19-6-3-5-17(13-19)18-8-9-22-21(14-18)23(26)30-29-22/h2-9,12-14,27H,10-11,15H2,1H3,(H,28,31)(H,29,30). The Morgan fingerprint density at radius 1 is 1.06 bits per heavy atom. The quantitative estimate of drug-likeness (QED) is 0.466. The molecule has 156 valence electrons. The Bertz CT molecular complexity index is 1270. The lowest BCUT2D eigenvalue weighted by molar-refractivity contribution is 0.0904. The normalized spacial score (nSPS) is 18.4. The van der Waals surface area contributed by atoms with Crippen molar-refractivity contribution in [3.8, 4) is 11.1 Å². The first-order chi connectivity index (χ1) is 15.0. The average molecular weight is 414 g/mol. The highest BCUT2D eigenvalue weighted by molar-refractivity contribution is 5.96. The van der Waals surface area contributed by atoms with Crippen LogP contribution in [0.4, 0.5) is 4.39 Å². The van der Waals surface area contributed by atoms with Crippen molar-refractivity contribution in [2.24, 2.45) is 0 Å². The van der Waals surface area contributed by atoms with E-state index in [0.29, 0.717) is 23.0 Å². The van der Waals surface area contributed by atoms with E-state index >= 15 is 0 Å². The van der Waals surface area contributed by atoms with Crippen LogP contribution in [0.15, 0.2) is 66.7 Å². The first kappa shape index (κ1) is 19.5. The Labute approximate surface area is 179 Å². The molecule has 3 N–H and O–H groups in total. The molecule has 5 nitrogen and oxygen atoms in total. The van der Waals surface area contributed by atoms with Crippen LogP contribution in [-0.4, -0.2) is 29.2 Å². The first-order valence-electron chi connectivity index (χ1n) is 10.4. The second-order valence-electron chi connectivity index (χ2n) is 8.18. The molecular weight excluding hydrogens is 391 g/mol. The molecule has 0 bridgehead atoms. The van der Waals surface area contributed by atoms with Gasteiger partial charge in [0.15, 0.2) is 0 Å². The molecule has 1 saturated heterocycles. The van der Waals surface area contributed by atoms with Gasteiger partial charge in [-0.3, -0.25) is 9.89 Å². The number of aromatic amines is 1. The molecule has 3 aromatic carbocycles. The maximum Gasteiger partial charge on any atom is 0.252 e. The van der Waals surface area contributed by atoms with Crippen LogP contribution in [0, 0.1) is 12.9 Å². The highest BCUT2D eigenvalue weighted by atomic mass is 19.1. The largest absolute Gasteiger partial charge is 0.341 e. The number of fused-ring (bicyclic) bond motifs is 1. The van der Waals surface area contributed by atoms with E-state index in [4.69, 9.17) is 0 Å². The summed E-state index contributed by atoms with van der Waals surface area (Å²) in [6, 6.07) is 21.1. The van der Waals surface area contributed by atoms with Crippen molar-refractivity contribution in [2.45, 2.75) is 18.9 Å². The van der Waals surface area contributed by atoms with E-state index in [1.165, 1.54) is 5.56 Å². The van der Waals surface area contributed by atoms with E-state index in [1.54, 1.807) is 12.1 Å². The SMILES string of the molecule is Cc1cccc(C2(NC(=O)c3cccc(-c4ccc5n[nH]c(F)c5c4)c3)CCNC2)c1. The molecule has 1 aromatic heterocycles. The van der Waals surface area contributed by atoms with Crippen molar-refractivity contribution >= 4 is 16.8 Å². The molecule has 1 aliphatic heterocycles. The molecule has 4 aromatic rings. The number of H-pyrrole nitrogens is 1. The minimum Gasteiger partial charge on any atom is -0.341 e. The summed E-state index contributed by atoms with van der Waals surface area (Å²) in [5.41, 5.74) is 4.68. The number of amides is 1. The van der Waals surface area contributed by atoms with Gasteiger partial charge in [0.2, 0.25) is 5.95 Å². The number of hydrogen-bond acceptors (Lipinski definition) is 3. The van der Waals surface area contributed by atoms with E-state index in [9.17, 15) is 9.18 Å². The summed E-state index contributed by atoms with van der Waals surface area (Å²) in [5.74, 6) is -0.581. The minimum absolute atomic E-state index is 0.123. The number of nitrogens with zero attached hydrogens (tertiary/aromatic N) is 1. The monoisotopic (exact) mass is 414 g/mol. The summed E-state index contributed by atoms with van der Waals surface area (Å²) < 4.78 is 13.9. The lowest BCUT2D eigenvalue weighted by Gasteiger charge is -2.30. The Hall–Kier alpha value is -3.51. The van der Waals surface area contributed by atoms with Crippen molar-refractivity contribution < 1.29 is 9.18 Å². The lowest BCUT2D eigenvalue weighted by atomic mass is 9.87. The van der Waals surface area contributed by atoms with Gasteiger partial charge in [-0.05, 0) is 60.8 Å². The third-order valence-corrected chi connectivity index (χ3v) is 6.04. The van der Waals surface area contributed by atoms with Gasteiger partial charge in [-0.2, -0.15) is 9.49 Å². The lowest BCUT2D eigenvalue weighted by Crippen LogP contribution is -2.47. The molecule has 1 aliphatic rings. The van der Waals surface area contributed by atoms with Gasteiger partial charge < -0.3 is 10.6 Å². The zero-order valence-corrected chi connectivity index (χ0v) is 17.2. The molecule has 0 spiro atoms. The van der Waals surface area contributed by atoms with Gasteiger partial charge in [0.05, 0.1) is 16.4 Å². The summed E-state index contributed by atoms with van der Waals surface area (Å²) in [7, 11) is 0. The summed E-state index contributed by atoms with van der Waals surface area (Å²) in [4.78, 5) is 13.3. The topological polar surface area (TPSA) is 69.8 Å².